The van der Waals surface area contributed by atoms with Gasteiger partial charge in [-0.25, -0.2) is 4.79 Å². The molecule has 6 heteroatoms. The summed E-state index contributed by atoms with van der Waals surface area (Å²) in [6, 6.07) is -0.867. The van der Waals surface area contributed by atoms with Crippen LogP contribution in [0.3, 0.4) is 0 Å². The number of likely N-dealkylation sites (N-methyl/N-ethyl adjacent to an activating group) is 1. The van der Waals surface area contributed by atoms with Crippen molar-refractivity contribution in [3.8, 4) is 0 Å². The van der Waals surface area contributed by atoms with E-state index < -0.39 is 18.5 Å². The van der Waals surface area contributed by atoms with E-state index in [4.69, 9.17) is 5.11 Å². The number of nitrogens with zero attached hydrogens (tertiary/aromatic N) is 1. The lowest BCUT2D eigenvalue weighted by Gasteiger charge is -2.08. The summed E-state index contributed by atoms with van der Waals surface area (Å²) >= 11 is 0. The molecule has 0 rings (SSSR count). The number of imide groups is 1. The first-order chi connectivity index (χ1) is 4.09. The maximum atomic E-state index is 10.3. The van der Waals surface area contributed by atoms with Crippen molar-refractivity contribution in [2.45, 2.75) is 0 Å². The number of amides is 3. The van der Waals surface area contributed by atoms with Gasteiger partial charge >= 0.3 is 6.03 Å². The smallest absolute Gasteiger partial charge is 0.321 e. The van der Waals surface area contributed by atoms with Crippen LogP contribution in [-0.2, 0) is 4.79 Å². The van der Waals surface area contributed by atoms with E-state index >= 15 is 0 Å². The average molecular weight is 213 g/mol. The summed E-state index contributed by atoms with van der Waals surface area (Å²) in [6.45, 7) is -0.695. The number of carbonyl (C=O) groups excluding carboxylic acids is 2. The Morgan fingerprint density at radius 3 is 2.10 bits per heavy atom. The molecule has 3 amide bonds. The maximum absolute atomic E-state index is 10.3. The van der Waals surface area contributed by atoms with Crippen LogP contribution in [0.1, 0.15) is 0 Å². The number of primary amides is 1. The Balaban J connectivity index is 0. The molecule has 0 bridgehead atoms. The van der Waals surface area contributed by atoms with Gasteiger partial charge in [0.25, 0.3) is 5.91 Å². The van der Waals surface area contributed by atoms with Crippen molar-refractivity contribution in [2.24, 2.45) is 5.73 Å². The summed E-state index contributed by atoms with van der Waals surface area (Å²) in [5.41, 5.74) is 4.67. The minimum Gasteiger partial charge on any atom is -0.387 e. The van der Waals surface area contributed by atoms with Crippen molar-refractivity contribution < 1.29 is 14.7 Å². The van der Waals surface area contributed by atoms with E-state index in [1.165, 1.54) is 7.05 Å². The monoisotopic (exact) mass is 212 g/mol. The van der Waals surface area contributed by atoms with Crippen molar-refractivity contribution >= 4 is 28.9 Å². The highest BCUT2D eigenvalue weighted by Gasteiger charge is 2.10. The summed E-state index contributed by atoms with van der Waals surface area (Å²) in [5, 5.41) is 8.16. The Bertz CT molecular complexity index is 138. The number of hydrogen-bond donors (Lipinski definition) is 2. The Kier molecular flexibility index (Phi) is 6.27. The molecule has 0 aromatic rings. The second-order valence-electron chi connectivity index (χ2n) is 1.45. The Hall–Kier alpha value is -0.620. The molecule has 0 spiro atoms. The number of urea groups is 1. The number of carbonyl (C=O) groups is 2. The molecule has 3 N–H and O–H groups in total. The van der Waals surface area contributed by atoms with E-state index in [2.05, 4.69) is 5.73 Å². The molecule has 5 nitrogen and oxygen atoms in total. The number of aliphatic hydroxyl groups excluding tert-OH is 1. The van der Waals surface area contributed by atoms with Crippen molar-refractivity contribution in [1.29, 1.82) is 0 Å². The topological polar surface area (TPSA) is 83.6 Å². The number of aliphatic hydroxyl groups is 1. The second-order valence-corrected chi connectivity index (χ2v) is 1.45. The quantitative estimate of drug-likeness (QED) is 0.591. The van der Waals surface area contributed by atoms with Gasteiger partial charge in [0.1, 0.15) is 6.61 Å². The van der Waals surface area contributed by atoms with Gasteiger partial charge in [0.15, 0.2) is 0 Å². The summed E-state index contributed by atoms with van der Waals surface area (Å²) in [7, 11) is 1.20. The first kappa shape index (κ1) is 12.1. The molecule has 10 heavy (non-hydrogen) atoms. The van der Waals surface area contributed by atoms with Gasteiger partial charge in [0, 0.05) is 7.05 Å². The molecule has 0 aliphatic carbocycles. The third-order valence-electron chi connectivity index (χ3n) is 0.840. The number of nitrogens with two attached hydrogens (primary N) is 1. The first-order valence-corrected chi connectivity index (χ1v) is 2.26. The standard InChI is InChI=1S/C4H8N2O3.BrH/c1-6(4(5)9)3(8)2-7;/h7H,2H2,1H3,(H2,5,9);1H. The molecule has 60 valence electrons. The fourth-order valence-corrected chi connectivity index (χ4v) is 0.229. The number of rotatable bonds is 1. The van der Waals surface area contributed by atoms with Gasteiger partial charge in [0.2, 0.25) is 0 Å². The average Bonchev–Trinajstić information content (AvgIpc) is 1.84. The molecule has 0 radical (unpaired) electrons. The largest absolute Gasteiger partial charge is 0.387 e. The van der Waals surface area contributed by atoms with E-state index in [1.807, 2.05) is 0 Å². The Labute approximate surface area is 68.6 Å². The summed E-state index contributed by atoms with van der Waals surface area (Å²) < 4.78 is 0. The van der Waals surface area contributed by atoms with Crippen LogP contribution in [-0.4, -0.2) is 35.6 Å². The van der Waals surface area contributed by atoms with Gasteiger partial charge in [-0.05, 0) is 0 Å². The van der Waals surface area contributed by atoms with E-state index in [9.17, 15) is 9.59 Å². The highest BCUT2D eigenvalue weighted by atomic mass is 79.9. The Morgan fingerprint density at radius 1 is 1.60 bits per heavy atom. The lowest BCUT2D eigenvalue weighted by atomic mass is 10.6. The number of hydrogen-bond acceptors (Lipinski definition) is 3. The van der Waals surface area contributed by atoms with E-state index in [0.29, 0.717) is 4.90 Å². The molecule has 0 aliphatic heterocycles. The fraction of sp³-hybridized carbons (Fsp3) is 0.500. The molecule has 0 unspecified atom stereocenters. The predicted molar refractivity (Wildman–Crippen MR) is 39.8 cm³/mol. The van der Waals surface area contributed by atoms with E-state index in [1.54, 1.807) is 0 Å². The van der Waals surface area contributed by atoms with E-state index in [-0.39, 0.29) is 17.0 Å². The van der Waals surface area contributed by atoms with Crippen LogP contribution >= 0.6 is 17.0 Å². The minimum atomic E-state index is -0.867. The van der Waals surface area contributed by atoms with Crippen LogP contribution in [0, 0.1) is 0 Å². The fourth-order valence-electron chi connectivity index (χ4n) is 0.229. The number of halogens is 1. The summed E-state index contributed by atoms with van der Waals surface area (Å²) in [4.78, 5) is 21.1. The van der Waals surface area contributed by atoms with E-state index in [0.717, 1.165) is 0 Å². The van der Waals surface area contributed by atoms with Crippen LogP contribution in [0.5, 0.6) is 0 Å². The maximum Gasteiger partial charge on any atom is 0.321 e. The molecule has 0 saturated carbocycles. The molecule has 0 atom stereocenters. The lowest BCUT2D eigenvalue weighted by molar-refractivity contribution is -0.129. The molecular formula is C4H9BrN2O3. The van der Waals surface area contributed by atoms with Crippen LogP contribution in [0.2, 0.25) is 0 Å². The molecule has 0 aliphatic rings. The highest BCUT2D eigenvalue weighted by molar-refractivity contribution is 8.93. The summed E-state index contributed by atoms with van der Waals surface area (Å²) in [6.07, 6.45) is 0. The second kappa shape index (κ2) is 5.19. The van der Waals surface area contributed by atoms with Gasteiger partial charge in [-0.15, -0.1) is 17.0 Å². The molecule has 0 heterocycles. The zero-order valence-electron chi connectivity index (χ0n) is 5.40. The van der Waals surface area contributed by atoms with Gasteiger partial charge in [-0.3, -0.25) is 9.69 Å². The van der Waals surface area contributed by atoms with Crippen LogP contribution in [0.15, 0.2) is 0 Å². The SMILES string of the molecule is Br.CN(C(N)=O)C(=O)CO. The zero-order valence-corrected chi connectivity index (χ0v) is 7.12. The van der Waals surface area contributed by atoms with Crippen LogP contribution in [0.25, 0.3) is 0 Å². The zero-order chi connectivity index (χ0) is 7.44. The molecular weight excluding hydrogens is 204 g/mol. The molecule has 0 aromatic heterocycles. The minimum absolute atomic E-state index is 0. The van der Waals surface area contributed by atoms with Gasteiger partial charge < -0.3 is 10.8 Å². The highest BCUT2D eigenvalue weighted by Crippen LogP contribution is 1.80. The third-order valence-corrected chi connectivity index (χ3v) is 0.840. The molecule has 0 saturated heterocycles. The third kappa shape index (κ3) is 3.41. The van der Waals surface area contributed by atoms with Crippen molar-refractivity contribution in [3.63, 3.8) is 0 Å². The first-order valence-electron chi connectivity index (χ1n) is 2.26. The van der Waals surface area contributed by atoms with Crippen LogP contribution in [0.4, 0.5) is 4.79 Å². The normalized spacial score (nSPS) is 7.80. The summed E-state index contributed by atoms with van der Waals surface area (Å²) in [5.74, 6) is -0.706. The lowest BCUT2D eigenvalue weighted by Crippen LogP contribution is -2.38. The van der Waals surface area contributed by atoms with Gasteiger partial charge in [-0.1, -0.05) is 0 Å². The molecule has 0 fully saturated rings. The predicted octanol–water partition coefficient (Wildman–Crippen LogP) is -0.906. The van der Waals surface area contributed by atoms with Crippen molar-refractivity contribution in [3.05, 3.63) is 0 Å². The van der Waals surface area contributed by atoms with Crippen molar-refractivity contribution in [2.75, 3.05) is 13.7 Å². The Morgan fingerprint density at radius 2 is 2.00 bits per heavy atom. The molecule has 0 aromatic carbocycles. The van der Waals surface area contributed by atoms with Crippen molar-refractivity contribution in [1.82, 2.24) is 4.90 Å². The van der Waals surface area contributed by atoms with Crippen LogP contribution < -0.4 is 5.73 Å². The van der Waals surface area contributed by atoms with Gasteiger partial charge in [-0.2, -0.15) is 0 Å². The van der Waals surface area contributed by atoms with Gasteiger partial charge in [0.05, 0.1) is 0 Å².